The molecule has 0 heteroatoms. The molecule has 0 aromatic heterocycles. The average Bonchev–Trinajstić information content (AvgIpc) is 2.28. The van der Waals surface area contributed by atoms with Crippen LogP contribution in [0.5, 0.6) is 0 Å². The fourth-order valence-corrected chi connectivity index (χ4v) is 0.891. The van der Waals surface area contributed by atoms with Gasteiger partial charge in [0, 0.05) is 0 Å². The third kappa shape index (κ3) is 7.60. The van der Waals surface area contributed by atoms with E-state index in [1.807, 2.05) is 33.8 Å². The molecule has 1 rings (SSSR count). The molecule has 0 amide bonds. The molecule has 0 unspecified atom stereocenters. The lowest BCUT2D eigenvalue weighted by Gasteiger charge is -1.95. The average molecular weight is 192 g/mol. The van der Waals surface area contributed by atoms with E-state index >= 15 is 0 Å². The van der Waals surface area contributed by atoms with Crippen molar-refractivity contribution in [3.05, 3.63) is 48.0 Å². The predicted molar refractivity (Wildman–Crippen MR) is 67.8 cm³/mol. The summed E-state index contributed by atoms with van der Waals surface area (Å²) in [4.78, 5) is 0. The van der Waals surface area contributed by atoms with Gasteiger partial charge in [-0.15, -0.1) is 6.58 Å². The fourth-order valence-electron chi connectivity index (χ4n) is 0.891. The van der Waals surface area contributed by atoms with Gasteiger partial charge >= 0.3 is 0 Å². The maximum Gasteiger partial charge on any atom is -0.0100 e. The molecule has 0 saturated heterocycles. The first-order valence-corrected chi connectivity index (χ1v) is 5.49. The number of hydrogen-bond acceptors (Lipinski definition) is 0. The Morgan fingerprint density at radius 1 is 1.00 bits per heavy atom. The van der Waals surface area contributed by atoms with Gasteiger partial charge in [0.25, 0.3) is 0 Å². The van der Waals surface area contributed by atoms with Crippen molar-refractivity contribution in [2.24, 2.45) is 0 Å². The smallest absolute Gasteiger partial charge is 0.0100 e. The van der Waals surface area contributed by atoms with Crippen LogP contribution in [0.1, 0.15) is 38.8 Å². The van der Waals surface area contributed by atoms with Gasteiger partial charge in [-0.1, -0.05) is 63.6 Å². The SMILES string of the molecule is C=CCc1ccc(C)cc1.CC.CC. The highest BCUT2D eigenvalue weighted by Crippen LogP contribution is 2.03. The molecule has 0 atom stereocenters. The Hall–Kier alpha value is -1.04. The van der Waals surface area contributed by atoms with Gasteiger partial charge in [0.15, 0.2) is 0 Å². The lowest BCUT2D eigenvalue weighted by atomic mass is 10.1. The van der Waals surface area contributed by atoms with E-state index in [1.54, 1.807) is 0 Å². The molecule has 80 valence electrons. The predicted octanol–water partition coefficient (Wildman–Crippen LogP) is 4.78. The first-order chi connectivity index (χ1) is 6.83. The van der Waals surface area contributed by atoms with Crippen molar-refractivity contribution >= 4 is 0 Å². The minimum Gasteiger partial charge on any atom is -0.103 e. The Labute approximate surface area is 89.7 Å². The molecule has 0 aliphatic carbocycles. The quantitative estimate of drug-likeness (QED) is 0.592. The van der Waals surface area contributed by atoms with Gasteiger partial charge < -0.3 is 0 Å². The molecule has 0 fully saturated rings. The molecule has 14 heavy (non-hydrogen) atoms. The molecular formula is C14H24. The summed E-state index contributed by atoms with van der Waals surface area (Å²) in [5.41, 5.74) is 2.65. The zero-order valence-electron chi connectivity index (χ0n) is 10.3. The van der Waals surface area contributed by atoms with Crippen molar-refractivity contribution in [2.75, 3.05) is 0 Å². The van der Waals surface area contributed by atoms with Crippen molar-refractivity contribution in [1.82, 2.24) is 0 Å². The van der Waals surface area contributed by atoms with E-state index in [0.717, 1.165) is 6.42 Å². The van der Waals surface area contributed by atoms with E-state index in [0.29, 0.717) is 0 Å². The summed E-state index contributed by atoms with van der Waals surface area (Å²) in [6.07, 6.45) is 2.89. The molecule has 1 aromatic rings. The number of rotatable bonds is 2. The summed E-state index contributed by atoms with van der Waals surface area (Å²) in [6, 6.07) is 8.52. The summed E-state index contributed by atoms with van der Waals surface area (Å²) in [5.74, 6) is 0. The van der Waals surface area contributed by atoms with Crippen LogP contribution in [-0.2, 0) is 6.42 Å². The minimum absolute atomic E-state index is 0.972. The van der Waals surface area contributed by atoms with Crippen LogP contribution in [0.15, 0.2) is 36.9 Å². The first kappa shape index (κ1) is 15.4. The molecule has 0 nitrogen and oxygen atoms in total. The van der Waals surface area contributed by atoms with E-state index in [-0.39, 0.29) is 0 Å². The maximum absolute atomic E-state index is 3.68. The van der Waals surface area contributed by atoms with Crippen LogP contribution in [0.3, 0.4) is 0 Å². The fraction of sp³-hybridized carbons (Fsp3) is 0.429. The van der Waals surface area contributed by atoms with E-state index in [4.69, 9.17) is 0 Å². The van der Waals surface area contributed by atoms with Crippen LogP contribution in [0.4, 0.5) is 0 Å². The Bertz CT molecular complexity index is 206. The lowest BCUT2D eigenvalue weighted by Crippen LogP contribution is -1.79. The topological polar surface area (TPSA) is 0 Å². The van der Waals surface area contributed by atoms with Gasteiger partial charge in [-0.05, 0) is 18.9 Å². The van der Waals surface area contributed by atoms with Crippen molar-refractivity contribution in [1.29, 1.82) is 0 Å². The lowest BCUT2D eigenvalue weighted by molar-refractivity contribution is 1.26. The highest BCUT2D eigenvalue weighted by atomic mass is 13.9. The van der Waals surface area contributed by atoms with Gasteiger partial charge in [-0.3, -0.25) is 0 Å². The zero-order valence-corrected chi connectivity index (χ0v) is 10.3. The molecular weight excluding hydrogens is 168 g/mol. The highest BCUT2D eigenvalue weighted by molar-refractivity contribution is 5.22. The van der Waals surface area contributed by atoms with Crippen LogP contribution < -0.4 is 0 Å². The van der Waals surface area contributed by atoms with Crippen molar-refractivity contribution in [2.45, 2.75) is 41.0 Å². The normalized spacial score (nSPS) is 7.50. The number of hydrogen-bond donors (Lipinski definition) is 0. The Morgan fingerprint density at radius 2 is 1.43 bits per heavy atom. The second kappa shape index (κ2) is 12.0. The van der Waals surface area contributed by atoms with Crippen LogP contribution in [0, 0.1) is 6.92 Å². The monoisotopic (exact) mass is 192 g/mol. The van der Waals surface area contributed by atoms with Crippen LogP contribution in [0.2, 0.25) is 0 Å². The van der Waals surface area contributed by atoms with Crippen molar-refractivity contribution in [3.63, 3.8) is 0 Å². The van der Waals surface area contributed by atoms with Crippen LogP contribution in [-0.4, -0.2) is 0 Å². The van der Waals surface area contributed by atoms with E-state index < -0.39 is 0 Å². The van der Waals surface area contributed by atoms with Gasteiger partial charge in [-0.2, -0.15) is 0 Å². The minimum atomic E-state index is 0.972. The second-order valence-corrected chi connectivity index (χ2v) is 2.48. The standard InChI is InChI=1S/C10H12.2C2H6/c1-3-4-10-7-5-9(2)6-8-10;2*1-2/h3,5-8H,1,4H2,2H3;2*1-2H3. The maximum atomic E-state index is 3.68. The Balaban J connectivity index is 0. The number of aryl methyl sites for hydroxylation is 1. The largest absolute Gasteiger partial charge is 0.103 e. The van der Waals surface area contributed by atoms with E-state index in [9.17, 15) is 0 Å². The highest BCUT2D eigenvalue weighted by Gasteiger charge is 1.86. The molecule has 0 radical (unpaired) electrons. The van der Waals surface area contributed by atoms with Crippen LogP contribution in [0.25, 0.3) is 0 Å². The van der Waals surface area contributed by atoms with Crippen molar-refractivity contribution < 1.29 is 0 Å². The molecule has 0 N–H and O–H groups in total. The van der Waals surface area contributed by atoms with Gasteiger partial charge in [0.1, 0.15) is 0 Å². The molecule has 0 saturated carbocycles. The first-order valence-electron chi connectivity index (χ1n) is 5.49. The summed E-state index contributed by atoms with van der Waals surface area (Å²) >= 11 is 0. The Kier molecular flexibility index (Phi) is 13.2. The molecule has 0 aliphatic heterocycles. The van der Waals surface area contributed by atoms with Gasteiger partial charge in [-0.25, -0.2) is 0 Å². The molecule has 0 heterocycles. The number of allylic oxidation sites excluding steroid dienone is 1. The molecule has 0 bridgehead atoms. The number of benzene rings is 1. The molecule has 0 spiro atoms. The molecule has 1 aromatic carbocycles. The summed E-state index contributed by atoms with van der Waals surface area (Å²) in [7, 11) is 0. The van der Waals surface area contributed by atoms with E-state index in [2.05, 4.69) is 37.8 Å². The third-order valence-electron chi connectivity index (χ3n) is 1.50. The third-order valence-corrected chi connectivity index (χ3v) is 1.50. The van der Waals surface area contributed by atoms with Crippen molar-refractivity contribution in [3.8, 4) is 0 Å². The zero-order chi connectivity index (χ0) is 11.4. The summed E-state index contributed by atoms with van der Waals surface area (Å²) in [5, 5.41) is 0. The van der Waals surface area contributed by atoms with E-state index in [1.165, 1.54) is 11.1 Å². The van der Waals surface area contributed by atoms with Crippen LogP contribution >= 0.6 is 0 Å². The van der Waals surface area contributed by atoms with Gasteiger partial charge in [0.05, 0.1) is 0 Å². The second-order valence-electron chi connectivity index (χ2n) is 2.48. The summed E-state index contributed by atoms with van der Waals surface area (Å²) in [6.45, 7) is 13.8. The Morgan fingerprint density at radius 3 is 1.79 bits per heavy atom. The van der Waals surface area contributed by atoms with Gasteiger partial charge in [0.2, 0.25) is 0 Å². The molecule has 0 aliphatic rings. The summed E-state index contributed by atoms with van der Waals surface area (Å²) < 4.78 is 0.